The number of carbonyl (C=O) groups excluding carboxylic acids is 1. The van der Waals surface area contributed by atoms with Gasteiger partial charge in [-0.25, -0.2) is 26.8 Å². The first kappa shape index (κ1) is 21.7. The number of carbonyl (C=O) groups is 1. The zero-order chi connectivity index (χ0) is 21.9. The number of pyridine rings is 2. The molecule has 3 rings (SSSR count). The van der Waals surface area contributed by atoms with Crippen LogP contribution in [0.2, 0.25) is 5.02 Å². The van der Waals surface area contributed by atoms with Crippen LogP contribution in [-0.2, 0) is 20.0 Å². The van der Waals surface area contributed by atoms with Gasteiger partial charge < -0.3 is 0 Å². The molecule has 0 aliphatic rings. The molecule has 0 amide bonds. The third kappa shape index (κ3) is 5.32. The second-order valence-corrected chi connectivity index (χ2v) is 9.95. The van der Waals surface area contributed by atoms with Gasteiger partial charge in [0.1, 0.15) is 17.2 Å². The van der Waals surface area contributed by atoms with Gasteiger partial charge in [0.05, 0.1) is 21.9 Å². The van der Waals surface area contributed by atoms with Gasteiger partial charge in [-0.05, 0) is 30.3 Å². The average Bonchev–Trinajstić information content (AvgIpc) is 2.67. The van der Waals surface area contributed by atoms with Crippen molar-refractivity contribution in [2.75, 3.05) is 15.7 Å². The van der Waals surface area contributed by atoms with Gasteiger partial charge in [0.25, 0.3) is 10.0 Å². The highest BCUT2D eigenvalue weighted by atomic mass is 35.5. The molecule has 0 fully saturated rings. The molecule has 9 nitrogen and oxygen atoms in total. The first-order chi connectivity index (χ1) is 14.0. The minimum atomic E-state index is -4.01. The lowest BCUT2D eigenvalue weighted by molar-refractivity contribution is 0.103. The molecule has 2 heterocycles. The van der Waals surface area contributed by atoms with Gasteiger partial charge in [-0.2, -0.15) is 0 Å². The Hall–Kier alpha value is -3.02. The van der Waals surface area contributed by atoms with Gasteiger partial charge in [0, 0.05) is 6.20 Å². The third-order valence-corrected chi connectivity index (χ3v) is 5.81. The van der Waals surface area contributed by atoms with Crippen molar-refractivity contribution in [3.63, 3.8) is 0 Å². The number of rotatable bonds is 7. The van der Waals surface area contributed by atoms with Gasteiger partial charge in [-0.1, -0.05) is 35.9 Å². The molecule has 2 N–H and O–H groups in total. The van der Waals surface area contributed by atoms with Crippen molar-refractivity contribution in [3.8, 4) is 0 Å². The van der Waals surface area contributed by atoms with Crippen LogP contribution in [-0.4, -0.2) is 38.8 Å². The quantitative estimate of drug-likeness (QED) is 0.510. The predicted octanol–water partition coefficient (Wildman–Crippen LogP) is 2.53. The second-order valence-electron chi connectivity index (χ2n) is 6.08. The van der Waals surface area contributed by atoms with E-state index in [1.54, 1.807) is 18.2 Å². The molecule has 0 aliphatic carbocycles. The molecule has 2 aromatic heterocycles. The topological polar surface area (TPSA) is 135 Å². The molecule has 156 valence electrons. The van der Waals surface area contributed by atoms with Crippen LogP contribution in [0.1, 0.15) is 16.2 Å². The maximum absolute atomic E-state index is 12.9. The summed E-state index contributed by atoms with van der Waals surface area (Å²) < 4.78 is 52.6. The summed E-state index contributed by atoms with van der Waals surface area (Å²) in [5.41, 5.74) is -0.527. The molecule has 12 heteroatoms. The van der Waals surface area contributed by atoms with E-state index in [2.05, 4.69) is 19.4 Å². The lowest BCUT2D eigenvalue weighted by Gasteiger charge is -2.12. The lowest BCUT2D eigenvalue weighted by atomic mass is 10.1. The molecule has 0 saturated heterocycles. The minimum absolute atomic E-state index is 0.0131. The molecule has 0 bridgehead atoms. The van der Waals surface area contributed by atoms with Gasteiger partial charge in [0.2, 0.25) is 15.8 Å². The Kier molecular flexibility index (Phi) is 6.06. The molecule has 0 atom stereocenters. The number of benzene rings is 1. The second kappa shape index (κ2) is 8.38. The third-order valence-electron chi connectivity index (χ3n) is 3.64. The van der Waals surface area contributed by atoms with Crippen LogP contribution < -0.4 is 9.44 Å². The maximum Gasteiger partial charge on any atom is 0.261 e. The highest BCUT2D eigenvalue weighted by molar-refractivity contribution is 7.92. The fraction of sp³-hybridized carbons (Fsp3) is 0.0556. The van der Waals surface area contributed by atoms with Gasteiger partial charge in [-0.15, -0.1) is 0 Å². The van der Waals surface area contributed by atoms with Crippen molar-refractivity contribution < 1.29 is 21.6 Å². The van der Waals surface area contributed by atoms with Crippen LogP contribution in [0.4, 0.5) is 11.5 Å². The molecular formula is C18H15ClN4O5S2. The van der Waals surface area contributed by atoms with E-state index in [-0.39, 0.29) is 32.8 Å². The minimum Gasteiger partial charge on any atom is -0.285 e. The van der Waals surface area contributed by atoms with E-state index in [1.165, 1.54) is 42.6 Å². The fourth-order valence-electron chi connectivity index (χ4n) is 2.43. The van der Waals surface area contributed by atoms with Crippen molar-refractivity contribution in [3.05, 3.63) is 77.2 Å². The maximum atomic E-state index is 12.9. The van der Waals surface area contributed by atoms with Crippen LogP contribution in [0.5, 0.6) is 0 Å². The number of anilines is 2. The summed E-state index contributed by atoms with van der Waals surface area (Å²) in [5, 5.41) is 0.109. The molecule has 0 saturated carbocycles. The molecular weight excluding hydrogens is 452 g/mol. The van der Waals surface area contributed by atoms with Crippen molar-refractivity contribution in [1.29, 1.82) is 0 Å². The summed E-state index contributed by atoms with van der Waals surface area (Å²) in [4.78, 5) is 20.8. The normalized spacial score (nSPS) is 11.7. The Balaban J connectivity index is 2.00. The predicted molar refractivity (Wildman–Crippen MR) is 113 cm³/mol. The number of halogens is 1. The Morgan fingerprint density at radius 1 is 0.967 bits per heavy atom. The highest BCUT2D eigenvalue weighted by Gasteiger charge is 2.22. The number of nitrogens with one attached hydrogen (secondary N) is 2. The van der Waals surface area contributed by atoms with Crippen LogP contribution in [0.3, 0.4) is 0 Å². The number of hydrogen-bond acceptors (Lipinski definition) is 7. The van der Waals surface area contributed by atoms with Gasteiger partial charge >= 0.3 is 0 Å². The SMILES string of the molecule is CS(=O)(=O)Nc1cccc(C(=O)c2ncc(Cl)cc2NS(=O)(=O)c2ccccc2)n1. The van der Waals surface area contributed by atoms with Crippen LogP contribution in [0.25, 0.3) is 0 Å². The van der Waals surface area contributed by atoms with E-state index in [4.69, 9.17) is 11.6 Å². The molecule has 0 spiro atoms. The van der Waals surface area contributed by atoms with E-state index < -0.39 is 25.8 Å². The van der Waals surface area contributed by atoms with E-state index in [0.29, 0.717) is 0 Å². The first-order valence-electron chi connectivity index (χ1n) is 8.28. The van der Waals surface area contributed by atoms with Crippen molar-refractivity contribution in [1.82, 2.24) is 9.97 Å². The molecule has 3 aromatic rings. The zero-order valence-corrected chi connectivity index (χ0v) is 17.8. The summed E-state index contributed by atoms with van der Waals surface area (Å²) in [5.74, 6) is -0.793. The molecule has 30 heavy (non-hydrogen) atoms. The Bertz CT molecular complexity index is 1310. The number of ketones is 1. The van der Waals surface area contributed by atoms with Crippen molar-refractivity contribution >= 4 is 48.9 Å². The summed E-state index contributed by atoms with van der Waals surface area (Å²) in [6.45, 7) is 0. The number of hydrogen-bond donors (Lipinski definition) is 2. The molecule has 0 radical (unpaired) electrons. The Morgan fingerprint density at radius 3 is 2.33 bits per heavy atom. The van der Waals surface area contributed by atoms with Crippen LogP contribution in [0.15, 0.2) is 65.7 Å². The lowest BCUT2D eigenvalue weighted by Crippen LogP contribution is -2.18. The average molecular weight is 467 g/mol. The monoisotopic (exact) mass is 466 g/mol. The van der Waals surface area contributed by atoms with Crippen molar-refractivity contribution in [2.24, 2.45) is 0 Å². The van der Waals surface area contributed by atoms with E-state index >= 15 is 0 Å². The number of sulfonamides is 2. The van der Waals surface area contributed by atoms with Crippen LogP contribution >= 0.6 is 11.6 Å². The first-order valence-corrected chi connectivity index (χ1v) is 12.0. The summed E-state index contributed by atoms with van der Waals surface area (Å²) in [7, 11) is -7.61. The van der Waals surface area contributed by atoms with Gasteiger partial charge in [0.15, 0.2) is 0 Å². The number of aromatic nitrogens is 2. The zero-order valence-electron chi connectivity index (χ0n) is 15.4. The van der Waals surface area contributed by atoms with E-state index in [9.17, 15) is 21.6 Å². The summed E-state index contributed by atoms with van der Waals surface area (Å²) in [6.07, 6.45) is 2.13. The van der Waals surface area contributed by atoms with Crippen LogP contribution in [0, 0.1) is 0 Å². The smallest absolute Gasteiger partial charge is 0.261 e. The standard InChI is InChI=1S/C18H15ClN4O5S2/c1-29(25,26)23-16-9-5-8-14(21-16)18(24)17-15(10-12(19)11-20-17)22-30(27,28)13-6-3-2-4-7-13/h2-11,22H,1H3,(H,21,23). The molecule has 1 aromatic carbocycles. The van der Waals surface area contributed by atoms with E-state index in [1.807, 2.05) is 0 Å². The number of nitrogens with zero attached hydrogens (tertiary/aromatic N) is 2. The van der Waals surface area contributed by atoms with Crippen molar-refractivity contribution in [2.45, 2.75) is 4.90 Å². The van der Waals surface area contributed by atoms with Gasteiger partial charge in [-0.3, -0.25) is 14.2 Å². The molecule has 0 aliphatic heterocycles. The molecule has 0 unspecified atom stereocenters. The largest absolute Gasteiger partial charge is 0.285 e. The highest BCUT2D eigenvalue weighted by Crippen LogP contribution is 2.24. The Morgan fingerprint density at radius 2 is 1.67 bits per heavy atom. The summed E-state index contributed by atoms with van der Waals surface area (Å²) >= 11 is 5.94. The van der Waals surface area contributed by atoms with E-state index in [0.717, 1.165) is 6.26 Å². The Labute approximate surface area is 178 Å². The fourth-order valence-corrected chi connectivity index (χ4v) is 4.16. The summed E-state index contributed by atoms with van der Waals surface area (Å²) in [6, 6.07) is 13.0.